The number of hydrogen-bond acceptors (Lipinski definition) is 3. The second-order valence-corrected chi connectivity index (χ2v) is 5.09. The highest BCUT2D eigenvalue weighted by Gasteiger charge is 2.07. The Hall–Kier alpha value is -1.68. The number of hydrogen-bond donors (Lipinski definition) is 0. The van der Waals surface area contributed by atoms with Gasteiger partial charge in [0.2, 0.25) is 0 Å². The lowest BCUT2D eigenvalue weighted by atomic mass is 10.2. The number of rotatable bonds is 5. The van der Waals surface area contributed by atoms with Gasteiger partial charge in [-0.25, -0.2) is 0 Å². The third kappa shape index (κ3) is 3.39. The molecule has 0 saturated carbocycles. The smallest absolute Gasteiger partial charge is 0.185 e. The minimum atomic E-state index is -1.02. The highest BCUT2D eigenvalue weighted by Crippen LogP contribution is 2.11. The summed E-state index contributed by atoms with van der Waals surface area (Å²) in [6, 6.07) is 12.9. The molecule has 1 atom stereocenters. The molecule has 3 nitrogen and oxygen atoms in total. The van der Waals surface area contributed by atoms with Crippen LogP contribution in [0.3, 0.4) is 0 Å². The monoisotopic (exact) mass is 248 g/mol. The van der Waals surface area contributed by atoms with Gasteiger partial charge in [0.25, 0.3) is 0 Å². The maximum Gasteiger partial charge on any atom is 0.185 e. The average molecular weight is 248 g/mol. The summed E-state index contributed by atoms with van der Waals surface area (Å²) in [4.78, 5) is 10.4. The topological polar surface area (TPSA) is 47.3 Å². The molecule has 0 aliphatic rings. The predicted molar refractivity (Wildman–Crippen MR) is 66.1 cm³/mol. The maximum atomic E-state index is 11.8. The van der Waals surface area contributed by atoms with Crippen molar-refractivity contribution in [2.24, 2.45) is 0 Å². The predicted octanol–water partition coefficient (Wildman–Crippen LogP) is 2.54. The molecule has 0 radical (unpaired) electrons. The van der Waals surface area contributed by atoms with Gasteiger partial charge in [0.1, 0.15) is 5.76 Å². The van der Waals surface area contributed by atoms with Crippen LogP contribution in [0, 0.1) is 0 Å². The number of furan rings is 1. The van der Waals surface area contributed by atoms with Crippen LogP contribution in [0.25, 0.3) is 0 Å². The van der Waals surface area contributed by atoms with E-state index in [9.17, 15) is 9.00 Å². The van der Waals surface area contributed by atoms with Crippen LogP contribution in [0.2, 0.25) is 0 Å². The first kappa shape index (κ1) is 11.8. The largest absolute Gasteiger partial charge is 0.457 e. The summed E-state index contributed by atoms with van der Waals surface area (Å²) in [5, 5.41) is 0. The molecule has 0 amide bonds. The van der Waals surface area contributed by atoms with Crippen LogP contribution in [-0.2, 0) is 22.3 Å². The molecule has 2 aromatic rings. The minimum absolute atomic E-state index is 0.275. The summed E-state index contributed by atoms with van der Waals surface area (Å²) >= 11 is 0. The number of aldehydes is 1. The Morgan fingerprint density at radius 1 is 1.06 bits per heavy atom. The highest BCUT2D eigenvalue weighted by atomic mass is 32.2. The number of carbonyl (C=O) groups excluding carboxylic acids is 1. The molecule has 1 unspecified atom stereocenters. The Bertz CT molecular complexity index is 516. The standard InChI is InChI=1S/C13H12O3S/c14-8-12-6-7-13(16-12)10-17(15)9-11-4-2-1-3-5-11/h1-8H,9-10H2. The molecule has 0 spiro atoms. The Morgan fingerprint density at radius 2 is 1.82 bits per heavy atom. The van der Waals surface area contributed by atoms with E-state index < -0.39 is 10.8 Å². The van der Waals surface area contributed by atoms with E-state index in [1.165, 1.54) is 0 Å². The fourth-order valence-corrected chi connectivity index (χ4v) is 2.64. The Labute approximate surface area is 102 Å². The van der Waals surface area contributed by atoms with Crippen molar-refractivity contribution in [2.45, 2.75) is 11.5 Å². The molecule has 1 aromatic carbocycles. The Morgan fingerprint density at radius 3 is 2.47 bits per heavy atom. The first-order chi connectivity index (χ1) is 8.28. The second kappa shape index (κ2) is 5.59. The van der Waals surface area contributed by atoms with E-state index in [2.05, 4.69) is 0 Å². The van der Waals surface area contributed by atoms with Gasteiger partial charge >= 0.3 is 0 Å². The van der Waals surface area contributed by atoms with Gasteiger partial charge in [0, 0.05) is 16.6 Å². The number of carbonyl (C=O) groups is 1. The fraction of sp³-hybridized carbons (Fsp3) is 0.154. The van der Waals surface area contributed by atoms with Gasteiger partial charge in [-0.2, -0.15) is 0 Å². The zero-order valence-electron chi connectivity index (χ0n) is 9.17. The molecule has 0 bridgehead atoms. The summed E-state index contributed by atoms with van der Waals surface area (Å²) in [6.07, 6.45) is 0.642. The van der Waals surface area contributed by atoms with Crippen molar-refractivity contribution in [1.29, 1.82) is 0 Å². The van der Waals surface area contributed by atoms with Gasteiger partial charge in [-0.05, 0) is 17.7 Å². The van der Waals surface area contributed by atoms with E-state index in [-0.39, 0.29) is 5.76 Å². The van der Waals surface area contributed by atoms with Crippen LogP contribution >= 0.6 is 0 Å². The van der Waals surface area contributed by atoms with Gasteiger partial charge in [0.15, 0.2) is 12.0 Å². The molecule has 1 heterocycles. The SMILES string of the molecule is O=Cc1ccc(CS(=O)Cc2ccccc2)o1. The molecule has 88 valence electrons. The summed E-state index contributed by atoms with van der Waals surface area (Å²) in [5.74, 6) is 1.69. The summed E-state index contributed by atoms with van der Waals surface area (Å²) in [5.41, 5.74) is 1.04. The van der Waals surface area contributed by atoms with Crippen LogP contribution in [-0.4, -0.2) is 10.5 Å². The second-order valence-electron chi connectivity index (χ2n) is 3.64. The number of benzene rings is 1. The maximum absolute atomic E-state index is 11.8. The van der Waals surface area contributed by atoms with E-state index in [0.717, 1.165) is 5.56 Å². The molecule has 17 heavy (non-hydrogen) atoms. The van der Waals surface area contributed by atoms with E-state index in [1.807, 2.05) is 30.3 Å². The van der Waals surface area contributed by atoms with E-state index >= 15 is 0 Å². The Kier molecular flexibility index (Phi) is 3.88. The van der Waals surface area contributed by atoms with Crippen molar-refractivity contribution in [3.05, 3.63) is 59.5 Å². The minimum Gasteiger partial charge on any atom is -0.457 e. The lowest BCUT2D eigenvalue weighted by Gasteiger charge is -2.00. The average Bonchev–Trinajstić information content (AvgIpc) is 2.78. The fourth-order valence-electron chi connectivity index (χ4n) is 1.51. The molecular formula is C13H12O3S. The summed E-state index contributed by atoms with van der Waals surface area (Å²) in [7, 11) is -1.02. The van der Waals surface area contributed by atoms with Crippen molar-refractivity contribution in [3.8, 4) is 0 Å². The van der Waals surface area contributed by atoms with E-state index in [0.29, 0.717) is 23.6 Å². The zero-order chi connectivity index (χ0) is 12.1. The van der Waals surface area contributed by atoms with Gasteiger partial charge in [-0.3, -0.25) is 9.00 Å². The van der Waals surface area contributed by atoms with Gasteiger partial charge < -0.3 is 4.42 Å². The van der Waals surface area contributed by atoms with Gasteiger partial charge in [0.05, 0.1) is 5.75 Å². The normalized spacial score (nSPS) is 12.2. The first-order valence-electron chi connectivity index (χ1n) is 5.21. The van der Waals surface area contributed by atoms with Gasteiger partial charge in [-0.15, -0.1) is 0 Å². The van der Waals surface area contributed by atoms with Crippen molar-refractivity contribution < 1.29 is 13.4 Å². The molecule has 0 aliphatic carbocycles. The first-order valence-corrected chi connectivity index (χ1v) is 6.69. The quantitative estimate of drug-likeness (QED) is 0.764. The van der Waals surface area contributed by atoms with Crippen molar-refractivity contribution in [2.75, 3.05) is 0 Å². The van der Waals surface area contributed by atoms with Crippen LogP contribution in [0.5, 0.6) is 0 Å². The van der Waals surface area contributed by atoms with Crippen LogP contribution in [0.15, 0.2) is 46.9 Å². The third-order valence-electron chi connectivity index (χ3n) is 2.27. The van der Waals surface area contributed by atoms with E-state index in [4.69, 9.17) is 4.42 Å². The van der Waals surface area contributed by atoms with Gasteiger partial charge in [-0.1, -0.05) is 30.3 Å². The van der Waals surface area contributed by atoms with E-state index in [1.54, 1.807) is 12.1 Å². The third-order valence-corrected chi connectivity index (χ3v) is 3.53. The van der Waals surface area contributed by atoms with Crippen molar-refractivity contribution >= 4 is 17.1 Å². The molecule has 0 N–H and O–H groups in total. The molecule has 0 saturated heterocycles. The zero-order valence-corrected chi connectivity index (χ0v) is 9.98. The lowest BCUT2D eigenvalue weighted by Crippen LogP contribution is -1.98. The Balaban J connectivity index is 1.95. The molecule has 4 heteroatoms. The molecular weight excluding hydrogens is 236 g/mol. The summed E-state index contributed by atoms with van der Waals surface area (Å²) < 4.78 is 17.0. The van der Waals surface area contributed by atoms with Crippen molar-refractivity contribution in [1.82, 2.24) is 0 Å². The van der Waals surface area contributed by atoms with Crippen LogP contribution in [0.1, 0.15) is 21.9 Å². The highest BCUT2D eigenvalue weighted by molar-refractivity contribution is 7.83. The lowest BCUT2D eigenvalue weighted by molar-refractivity contribution is 0.109. The molecule has 0 fully saturated rings. The molecule has 2 rings (SSSR count). The summed E-state index contributed by atoms with van der Waals surface area (Å²) in [6.45, 7) is 0. The van der Waals surface area contributed by atoms with Crippen LogP contribution < -0.4 is 0 Å². The van der Waals surface area contributed by atoms with Crippen LogP contribution in [0.4, 0.5) is 0 Å². The molecule has 1 aromatic heterocycles. The van der Waals surface area contributed by atoms with Crippen molar-refractivity contribution in [3.63, 3.8) is 0 Å². The molecule has 0 aliphatic heterocycles.